The number of nitrogens with zero attached hydrogens (tertiary/aromatic N) is 2. The van der Waals surface area contributed by atoms with Crippen LogP contribution in [0.5, 0.6) is 0 Å². The molecule has 4 nitrogen and oxygen atoms in total. The first-order valence-corrected chi connectivity index (χ1v) is 6.77. The van der Waals surface area contributed by atoms with Crippen LogP contribution in [0.2, 0.25) is 5.02 Å². The zero-order valence-corrected chi connectivity index (χ0v) is 12.3. The number of aryl methyl sites for hydroxylation is 1. The lowest BCUT2D eigenvalue weighted by Crippen LogP contribution is -2.16. The van der Waals surface area contributed by atoms with Crippen LogP contribution in [0.15, 0.2) is 39.6 Å². The molecule has 0 saturated carbocycles. The maximum Gasteiger partial charge on any atom is 0.291 e. The van der Waals surface area contributed by atoms with Gasteiger partial charge in [-0.1, -0.05) is 39.7 Å². The number of aromatic amines is 1. The lowest BCUT2D eigenvalue weighted by atomic mass is 10.2. The minimum Gasteiger partial charge on any atom is -0.289 e. The van der Waals surface area contributed by atoms with Gasteiger partial charge in [-0.05, 0) is 24.6 Å². The van der Waals surface area contributed by atoms with E-state index in [0.717, 1.165) is 15.7 Å². The first-order chi connectivity index (χ1) is 9.06. The van der Waals surface area contributed by atoms with Crippen LogP contribution in [0.25, 0.3) is 16.9 Å². The van der Waals surface area contributed by atoms with Crippen LogP contribution in [-0.4, -0.2) is 14.6 Å². The summed E-state index contributed by atoms with van der Waals surface area (Å²) in [4.78, 5) is 16.3. The predicted molar refractivity (Wildman–Crippen MR) is 78.7 cm³/mol. The zero-order valence-electron chi connectivity index (χ0n) is 9.95. The third kappa shape index (κ3) is 2.09. The number of H-pyrrole nitrogens is 1. The molecule has 0 spiro atoms. The molecule has 0 radical (unpaired) electrons. The lowest BCUT2D eigenvalue weighted by molar-refractivity contribution is 0.893. The number of aromatic nitrogens is 3. The molecule has 1 N–H and O–H groups in total. The van der Waals surface area contributed by atoms with E-state index < -0.39 is 0 Å². The minimum absolute atomic E-state index is 0.140. The van der Waals surface area contributed by atoms with Crippen molar-refractivity contribution < 1.29 is 0 Å². The molecule has 0 saturated heterocycles. The molecule has 0 atom stereocenters. The van der Waals surface area contributed by atoms with Crippen molar-refractivity contribution in [2.45, 2.75) is 6.92 Å². The SMILES string of the molecule is Cc1nc2cc(-c3ccc(Br)cc3)[nH]n2c(=O)c1Cl. The Hall–Kier alpha value is -1.59. The second kappa shape index (κ2) is 4.51. The Bertz CT molecular complexity index is 820. The van der Waals surface area contributed by atoms with E-state index in [1.54, 1.807) is 6.92 Å². The number of fused-ring (bicyclic) bond motifs is 1. The fourth-order valence-electron chi connectivity index (χ4n) is 1.89. The Morgan fingerprint density at radius 2 is 2.00 bits per heavy atom. The van der Waals surface area contributed by atoms with E-state index >= 15 is 0 Å². The number of hydrogen-bond donors (Lipinski definition) is 1. The molecule has 19 heavy (non-hydrogen) atoms. The van der Waals surface area contributed by atoms with Crippen molar-refractivity contribution in [1.82, 2.24) is 14.6 Å². The maximum atomic E-state index is 12.0. The van der Waals surface area contributed by atoms with Gasteiger partial charge in [0.05, 0.1) is 11.4 Å². The fourth-order valence-corrected chi connectivity index (χ4v) is 2.28. The van der Waals surface area contributed by atoms with Crippen LogP contribution < -0.4 is 5.56 Å². The topological polar surface area (TPSA) is 50.2 Å². The standard InChI is InChI=1S/C13H9BrClN3O/c1-7-12(15)13(19)18-11(16-7)6-10(17-18)8-2-4-9(14)5-3-8/h2-6,17H,1H3. The molecule has 1 aromatic carbocycles. The van der Waals surface area contributed by atoms with Gasteiger partial charge in [0.1, 0.15) is 5.02 Å². The monoisotopic (exact) mass is 337 g/mol. The van der Waals surface area contributed by atoms with Crippen molar-refractivity contribution >= 4 is 33.2 Å². The Morgan fingerprint density at radius 3 is 2.68 bits per heavy atom. The summed E-state index contributed by atoms with van der Waals surface area (Å²) < 4.78 is 2.36. The summed E-state index contributed by atoms with van der Waals surface area (Å²) in [7, 11) is 0. The molecule has 3 aromatic rings. The van der Waals surface area contributed by atoms with Crippen LogP contribution in [0.4, 0.5) is 0 Å². The van der Waals surface area contributed by atoms with E-state index in [2.05, 4.69) is 26.0 Å². The summed E-state index contributed by atoms with van der Waals surface area (Å²) in [5.41, 5.74) is 2.60. The average molecular weight is 339 g/mol. The van der Waals surface area contributed by atoms with Crippen molar-refractivity contribution in [2.75, 3.05) is 0 Å². The third-order valence-corrected chi connectivity index (χ3v) is 3.84. The fraction of sp³-hybridized carbons (Fsp3) is 0.0769. The van der Waals surface area contributed by atoms with Gasteiger partial charge in [0.2, 0.25) is 0 Å². The van der Waals surface area contributed by atoms with Crippen molar-refractivity contribution in [3.63, 3.8) is 0 Å². The normalized spacial score (nSPS) is 11.1. The summed E-state index contributed by atoms with van der Waals surface area (Å²) in [6, 6.07) is 9.61. The van der Waals surface area contributed by atoms with E-state index in [1.165, 1.54) is 4.52 Å². The molecule has 0 aliphatic heterocycles. The van der Waals surface area contributed by atoms with Gasteiger partial charge in [0, 0.05) is 10.5 Å². The number of halogens is 2. The van der Waals surface area contributed by atoms with E-state index in [4.69, 9.17) is 11.6 Å². The Balaban J connectivity index is 2.25. The van der Waals surface area contributed by atoms with Gasteiger partial charge in [0.15, 0.2) is 5.65 Å². The highest BCUT2D eigenvalue weighted by atomic mass is 79.9. The van der Waals surface area contributed by atoms with Crippen molar-refractivity contribution in [1.29, 1.82) is 0 Å². The number of hydrogen-bond acceptors (Lipinski definition) is 2. The molecule has 0 fully saturated rings. The molecule has 0 unspecified atom stereocenters. The molecule has 0 amide bonds. The Morgan fingerprint density at radius 1 is 1.32 bits per heavy atom. The van der Waals surface area contributed by atoms with Crippen LogP contribution in [0.3, 0.4) is 0 Å². The van der Waals surface area contributed by atoms with Crippen molar-refractivity contribution in [3.05, 3.63) is 55.9 Å². The van der Waals surface area contributed by atoms with Gasteiger partial charge in [-0.15, -0.1) is 0 Å². The minimum atomic E-state index is -0.285. The van der Waals surface area contributed by atoms with Gasteiger partial charge in [-0.2, -0.15) is 4.52 Å². The van der Waals surface area contributed by atoms with Crippen molar-refractivity contribution in [3.8, 4) is 11.3 Å². The second-order valence-electron chi connectivity index (χ2n) is 4.19. The van der Waals surface area contributed by atoms with Crippen molar-refractivity contribution in [2.24, 2.45) is 0 Å². The predicted octanol–water partition coefficient (Wildman–Crippen LogP) is 3.41. The van der Waals surface area contributed by atoms with Crippen LogP contribution >= 0.6 is 27.5 Å². The third-order valence-electron chi connectivity index (χ3n) is 2.88. The summed E-state index contributed by atoms with van der Waals surface area (Å²) >= 11 is 9.30. The molecular weight excluding hydrogens is 330 g/mol. The summed E-state index contributed by atoms with van der Waals surface area (Å²) in [5.74, 6) is 0. The van der Waals surface area contributed by atoms with E-state index in [9.17, 15) is 4.79 Å². The Labute approximate surface area is 122 Å². The highest BCUT2D eigenvalue weighted by molar-refractivity contribution is 9.10. The van der Waals surface area contributed by atoms with Crippen LogP contribution in [0, 0.1) is 6.92 Å². The van der Waals surface area contributed by atoms with E-state index in [1.807, 2.05) is 30.3 Å². The maximum absolute atomic E-state index is 12.0. The van der Waals surface area contributed by atoms with Gasteiger partial charge >= 0.3 is 0 Å². The molecule has 0 bridgehead atoms. The number of nitrogens with one attached hydrogen (secondary N) is 1. The molecule has 0 aliphatic rings. The van der Waals surface area contributed by atoms with Gasteiger partial charge in [-0.25, -0.2) is 4.98 Å². The number of benzene rings is 1. The number of rotatable bonds is 1. The summed E-state index contributed by atoms with van der Waals surface area (Å²) in [5, 5.41) is 3.15. The lowest BCUT2D eigenvalue weighted by Gasteiger charge is -1.98. The van der Waals surface area contributed by atoms with E-state index in [-0.39, 0.29) is 10.6 Å². The largest absolute Gasteiger partial charge is 0.291 e. The first-order valence-electron chi connectivity index (χ1n) is 5.60. The molecule has 6 heteroatoms. The van der Waals surface area contributed by atoms with Gasteiger partial charge in [0.25, 0.3) is 5.56 Å². The average Bonchev–Trinajstić information content (AvgIpc) is 2.81. The second-order valence-corrected chi connectivity index (χ2v) is 5.48. The van der Waals surface area contributed by atoms with Crippen LogP contribution in [-0.2, 0) is 0 Å². The van der Waals surface area contributed by atoms with Gasteiger partial charge < -0.3 is 0 Å². The quantitative estimate of drug-likeness (QED) is 0.739. The summed E-state index contributed by atoms with van der Waals surface area (Å²) in [6.45, 7) is 1.72. The highest BCUT2D eigenvalue weighted by Crippen LogP contribution is 2.21. The van der Waals surface area contributed by atoms with E-state index in [0.29, 0.717) is 11.3 Å². The zero-order chi connectivity index (χ0) is 13.6. The highest BCUT2D eigenvalue weighted by Gasteiger charge is 2.10. The smallest absolute Gasteiger partial charge is 0.289 e. The molecule has 2 aromatic heterocycles. The molecular formula is C13H9BrClN3O. The van der Waals surface area contributed by atoms with Gasteiger partial charge in [-0.3, -0.25) is 9.89 Å². The molecule has 0 aliphatic carbocycles. The first kappa shape index (κ1) is 12.4. The van der Waals surface area contributed by atoms with Crippen LogP contribution in [0.1, 0.15) is 5.69 Å². The molecule has 3 rings (SSSR count). The Kier molecular flexibility index (Phi) is 2.95. The summed E-state index contributed by atoms with van der Waals surface area (Å²) in [6.07, 6.45) is 0. The molecule has 96 valence electrons. The molecule has 2 heterocycles.